The number of hydrogen-bond acceptors (Lipinski definition) is 3. The lowest BCUT2D eigenvalue weighted by atomic mass is 10.2. The van der Waals surface area contributed by atoms with Crippen molar-refractivity contribution in [3.63, 3.8) is 0 Å². The number of nitrogens with zero attached hydrogens (tertiary/aromatic N) is 1. The van der Waals surface area contributed by atoms with Crippen molar-refractivity contribution in [2.24, 2.45) is 0 Å². The monoisotopic (exact) mass is 358 g/mol. The first-order chi connectivity index (χ1) is 12.7. The van der Waals surface area contributed by atoms with E-state index in [0.29, 0.717) is 19.3 Å². The molecule has 0 saturated heterocycles. The highest BCUT2D eigenvalue weighted by molar-refractivity contribution is 5.50. The normalized spacial score (nSPS) is 12.9. The molecule has 0 N–H and O–H groups in total. The van der Waals surface area contributed by atoms with Crippen LogP contribution in [0.3, 0.4) is 0 Å². The summed E-state index contributed by atoms with van der Waals surface area (Å²) in [6, 6.07) is 0. The number of unbranched alkanes of at least 4 members (excludes halogenated alkanes) is 4. The lowest BCUT2D eigenvalue weighted by molar-refractivity contribution is -0.427. The van der Waals surface area contributed by atoms with Crippen LogP contribution < -0.4 is 0 Å². The average molecular weight is 359 g/mol. The molecule has 1 radical (unpaired) electrons. The molecule has 0 aromatic heterocycles. The van der Waals surface area contributed by atoms with Crippen LogP contribution in [0.5, 0.6) is 0 Å². The summed E-state index contributed by atoms with van der Waals surface area (Å²) in [6.07, 6.45) is 28.1. The molecule has 0 atom stereocenters. The molecule has 0 amide bonds. The standard InChI is InChI=1S/C22H32NO3/c1-2-3-4-5-6-7-8-9-10-11-12-13-16-19-22(23(25)26)20-17-14-15-18-21-24/h6-7,9-10,12-14,17,19H,2-5,8,11,15-16,18,20H2,1H3/b7-6-,10-9-,13-12-,17-14-,22-19+. The Morgan fingerprint density at radius 1 is 0.885 bits per heavy atom. The Balaban J connectivity index is 3.96. The summed E-state index contributed by atoms with van der Waals surface area (Å²) < 4.78 is 0. The zero-order valence-corrected chi connectivity index (χ0v) is 15.9. The summed E-state index contributed by atoms with van der Waals surface area (Å²) in [6.45, 7) is 2.21. The SMILES string of the molecule is CCCCC/C=C\C/C=C\C/C=C\C/C=C(\C/C=C\CC[C]=O)[N+](=O)[O-]. The van der Waals surface area contributed by atoms with Crippen molar-refractivity contribution in [1.82, 2.24) is 0 Å². The first-order valence-electron chi connectivity index (χ1n) is 9.50. The third-order valence-electron chi connectivity index (χ3n) is 3.65. The van der Waals surface area contributed by atoms with E-state index in [9.17, 15) is 14.9 Å². The third kappa shape index (κ3) is 16.6. The summed E-state index contributed by atoms with van der Waals surface area (Å²) in [5.74, 6) is 0. The van der Waals surface area contributed by atoms with Crippen molar-refractivity contribution in [1.29, 1.82) is 0 Å². The van der Waals surface area contributed by atoms with Gasteiger partial charge in [-0.25, -0.2) is 0 Å². The Kier molecular flexibility index (Phi) is 17.5. The van der Waals surface area contributed by atoms with Crippen molar-refractivity contribution in [3.8, 4) is 0 Å². The van der Waals surface area contributed by atoms with Gasteiger partial charge in [-0.3, -0.25) is 14.9 Å². The van der Waals surface area contributed by atoms with Crippen molar-refractivity contribution in [2.75, 3.05) is 0 Å². The van der Waals surface area contributed by atoms with Crippen molar-refractivity contribution < 1.29 is 9.72 Å². The minimum absolute atomic E-state index is 0.185. The first-order valence-corrected chi connectivity index (χ1v) is 9.50. The van der Waals surface area contributed by atoms with E-state index in [1.54, 1.807) is 24.5 Å². The second kappa shape index (κ2) is 19.1. The zero-order valence-electron chi connectivity index (χ0n) is 15.9. The lowest BCUT2D eigenvalue weighted by Crippen LogP contribution is -1.97. The number of nitro groups is 1. The van der Waals surface area contributed by atoms with Gasteiger partial charge in [-0.05, 0) is 44.6 Å². The summed E-state index contributed by atoms with van der Waals surface area (Å²) in [5, 5.41) is 11.0. The molecule has 0 aliphatic rings. The zero-order chi connectivity index (χ0) is 19.3. The molecule has 0 spiro atoms. The molecule has 0 aromatic rings. The molecule has 0 aliphatic heterocycles. The van der Waals surface area contributed by atoms with Crippen molar-refractivity contribution in [3.05, 3.63) is 70.5 Å². The van der Waals surface area contributed by atoms with E-state index in [1.165, 1.54) is 19.3 Å². The van der Waals surface area contributed by atoms with Crippen LogP contribution in [0.2, 0.25) is 0 Å². The predicted molar refractivity (Wildman–Crippen MR) is 109 cm³/mol. The summed E-state index contributed by atoms with van der Waals surface area (Å²) >= 11 is 0. The maximum absolute atomic E-state index is 11.0. The minimum atomic E-state index is -0.350. The number of rotatable bonds is 16. The largest absolute Gasteiger partial charge is 0.291 e. The highest BCUT2D eigenvalue weighted by atomic mass is 16.6. The lowest BCUT2D eigenvalue weighted by Gasteiger charge is -1.93. The van der Waals surface area contributed by atoms with Gasteiger partial charge < -0.3 is 0 Å². The van der Waals surface area contributed by atoms with E-state index in [0.717, 1.165) is 19.3 Å². The number of allylic oxidation sites excluding steroid dienone is 9. The van der Waals surface area contributed by atoms with Gasteiger partial charge >= 0.3 is 0 Å². The van der Waals surface area contributed by atoms with E-state index in [1.807, 2.05) is 12.2 Å². The second-order valence-corrected chi connectivity index (χ2v) is 5.93. The maximum Gasteiger partial charge on any atom is 0.246 e. The van der Waals surface area contributed by atoms with Crippen LogP contribution in [0.15, 0.2) is 60.4 Å². The summed E-state index contributed by atoms with van der Waals surface area (Å²) in [7, 11) is 0. The topological polar surface area (TPSA) is 60.2 Å². The third-order valence-corrected chi connectivity index (χ3v) is 3.65. The highest BCUT2D eigenvalue weighted by Gasteiger charge is 2.06. The van der Waals surface area contributed by atoms with Crippen molar-refractivity contribution in [2.45, 2.75) is 71.1 Å². The average Bonchev–Trinajstić information content (AvgIpc) is 2.63. The molecule has 0 rings (SSSR count). The van der Waals surface area contributed by atoms with Gasteiger partial charge in [0.15, 0.2) is 6.29 Å². The quantitative estimate of drug-likeness (QED) is 0.139. The minimum Gasteiger partial charge on any atom is -0.291 e. The van der Waals surface area contributed by atoms with Gasteiger partial charge in [0.05, 0.1) is 11.3 Å². The van der Waals surface area contributed by atoms with Gasteiger partial charge in [-0.15, -0.1) is 0 Å². The molecular formula is C22H32NO3. The van der Waals surface area contributed by atoms with Crippen LogP contribution in [-0.2, 0) is 4.79 Å². The van der Waals surface area contributed by atoms with Gasteiger partial charge in [0, 0.05) is 6.42 Å². The Morgan fingerprint density at radius 3 is 2.12 bits per heavy atom. The first kappa shape index (κ1) is 23.8. The van der Waals surface area contributed by atoms with Crippen molar-refractivity contribution >= 4 is 6.29 Å². The smallest absolute Gasteiger partial charge is 0.246 e. The van der Waals surface area contributed by atoms with Gasteiger partial charge in [0.25, 0.3) is 0 Å². The van der Waals surface area contributed by atoms with Crippen LogP contribution in [0.1, 0.15) is 71.1 Å². The Labute approximate surface area is 158 Å². The van der Waals surface area contributed by atoms with E-state index in [4.69, 9.17) is 0 Å². The van der Waals surface area contributed by atoms with Crippen LogP contribution in [0, 0.1) is 10.1 Å². The van der Waals surface area contributed by atoms with E-state index >= 15 is 0 Å². The van der Waals surface area contributed by atoms with Gasteiger partial charge in [-0.2, -0.15) is 0 Å². The molecule has 0 aromatic carbocycles. The Bertz CT molecular complexity index is 513. The predicted octanol–water partition coefficient (Wildman–Crippen LogP) is 6.40. The fourth-order valence-corrected chi connectivity index (χ4v) is 2.17. The highest BCUT2D eigenvalue weighted by Crippen LogP contribution is 2.07. The molecule has 0 saturated carbocycles. The summed E-state index contributed by atoms with van der Waals surface area (Å²) in [5.41, 5.74) is 0.185. The molecule has 0 aliphatic carbocycles. The molecule has 0 heterocycles. The van der Waals surface area contributed by atoms with Crippen LogP contribution in [0.25, 0.3) is 0 Å². The fourth-order valence-electron chi connectivity index (χ4n) is 2.17. The van der Waals surface area contributed by atoms with E-state index in [-0.39, 0.29) is 17.0 Å². The molecule has 4 heteroatoms. The second-order valence-electron chi connectivity index (χ2n) is 5.93. The maximum atomic E-state index is 11.0. The summed E-state index contributed by atoms with van der Waals surface area (Å²) in [4.78, 5) is 20.7. The van der Waals surface area contributed by atoms with Crippen LogP contribution in [0.4, 0.5) is 0 Å². The molecular weight excluding hydrogens is 326 g/mol. The molecule has 26 heavy (non-hydrogen) atoms. The molecule has 0 unspecified atom stereocenters. The van der Waals surface area contributed by atoms with E-state index < -0.39 is 0 Å². The number of carbonyl (C=O) groups excluding carboxylic acids is 1. The Hall–Kier alpha value is -2.23. The van der Waals surface area contributed by atoms with Crippen LogP contribution in [-0.4, -0.2) is 11.2 Å². The van der Waals surface area contributed by atoms with Gasteiger partial charge in [-0.1, -0.05) is 68.4 Å². The van der Waals surface area contributed by atoms with Gasteiger partial charge in [0.1, 0.15) is 0 Å². The fraction of sp³-hybridized carbons (Fsp3) is 0.500. The molecule has 0 fully saturated rings. The molecule has 143 valence electrons. The molecule has 0 bridgehead atoms. The molecule has 4 nitrogen and oxygen atoms in total. The number of hydrogen-bond donors (Lipinski definition) is 0. The van der Waals surface area contributed by atoms with E-state index in [2.05, 4.69) is 31.2 Å². The van der Waals surface area contributed by atoms with Gasteiger partial charge in [0.2, 0.25) is 5.70 Å². The van der Waals surface area contributed by atoms with Crippen LogP contribution >= 0.6 is 0 Å². The Morgan fingerprint density at radius 2 is 1.50 bits per heavy atom.